The number of halogens is 2. The van der Waals surface area contributed by atoms with E-state index in [1.807, 2.05) is 32.0 Å². The summed E-state index contributed by atoms with van der Waals surface area (Å²) in [7, 11) is 0. The lowest BCUT2D eigenvalue weighted by molar-refractivity contribution is -0.119. The largest absolute Gasteiger partial charge is 0.486 e. The molecule has 2 aromatic rings. The number of benzene rings is 2. The normalized spacial score (nSPS) is 14.1. The first-order valence-corrected chi connectivity index (χ1v) is 9.69. The topological polar surface area (TPSA) is 47.6 Å². The number of carbonyl (C=O) groups is 1. The fourth-order valence-corrected chi connectivity index (χ4v) is 3.61. The Bertz CT molecular complexity index is 829. The van der Waals surface area contributed by atoms with Crippen LogP contribution in [-0.2, 0) is 4.79 Å². The van der Waals surface area contributed by atoms with E-state index in [0.29, 0.717) is 24.7 Å². The van der Waals surface area contributed by atoms with E-state index < -0.39 is 11.6 Å². The van der Waals surface area contributed by atoms with Crippen molar-refractivity contribution in [2.75, 3.05) is 19.0 Å². The van der Waals surface area contributed by atoms with Crippen molar-refractivity contribution in [1.82, 2.24) is 5.32 Å². The van der Waals surface area contributed by atoms with E-state index in [0.717, 1.165) is 35.5 Å². The van der Waals surface area contributed by atoms with Crippen LogP contribution in [0, 0.1) is 17.6 Å². The van der Waals surface area contributed by atoms with Gasteiger partial charge in [-0.1, -0.05) is 19.9 Å². The highest BCUT2D eigenvalue weighted by Gasteiger charge is 2.21. The van der Waals surface area contributed by atoms with Crippen molar-refractivity contribution in [2.45, 2.75) is 24.8 Å². The van der Waals surface area contributed by atoms with Crippen LogP contribution in [0.3, 0.4) is 0 Å². The van der Waals surface area contributed by atoms with Gasteiger partial charge in [0.1, 0.15) is 24.8 Å². The van der Waals surface area contributed by atoms with Crippen molar-refractivity contribution < 1.29 is 23.0 Å². The zero-order valence-electron chi connectivity index (χ0n) is 15.1. The molecule has 0 aliphatic carbocycles. The SMILES string of the molecule is CC(C)[C@@H](NC(=O)CSc1cc(F)ccc1F)c1ccc2c(c1)OCCO2. The van der Waals surface area contributed by atoms with Gasteiger partial charge in [0.2, 0.25) is 5.91 Å². The molecule has 2 aromatic carbocycles. The lowest BCUT2D eigenvalue weighted by atomic mass is 9.95. The van der Waals surface area contributed by atoms with Gasteiger partial charge >= 0.3 is 0 Å². The number of amides is 1. The van der Waals surface area contributed by atoms with E-state index in [1.165, 1.54) is 0 Å². The van der Waals surface area contributed by atoms with Crippen LogP contribution in [0.25, 0.3) is 0 Å². The Balaban J connectivity index is 1.67. The van der Waals surface area contributed by atoms with Gasteiger partial charge in [0, 0.05) is 4.90 Å². The fourth-order valence-electron chi connectivity index (χ4n) is 2.83. The first-order valence-electron chi connectivity index (χ1n) is 8.71. The molecule has 0 spiro atoms. The summed E-state index contributed by atoms with van der Waals surface area (Å²) in [5.41, 5.74) is 0.907. The molecule has 7 heteroatoms. The second kappa shape index (κ2) is 8.61. The highest BCUT2D eigenvalue weighted by Crippen LogP contribution is 2.34. The molecule has 1 heterocycles. The van der Waals surface area contributed by atoms with E-state index in [2.05, 4.69) is 5.32 Å². The number of fused-ring (bicyclic) bond motifs is 1. The Hall–Kier alpha value is -2.28. The van der Waals surface area contributed by atoms with Gasteiger partial charge in [-0.2, -0.15) is 0 Å². The summed E-state index contributed by atoms with van der Waals surface area (Å²) in [5, 5.41) is 2.97. The number of thioether (sulfide) groups is 1. The molecule has 1 aliphatic heterocycles. The van der Waals surface area contributed by atoms with Gasteiger partial charge in [-0.05, 0) is 41.8 Å². The van der Waals surface area contributed by atoms with Gasteiger partial charge in [0.15, 0.2) is 11.5 Å². The Labute approximate surface area is 161 Å². The number of rotatable bonds is 6. The monoisotopic (exact) mass is 393 g/mol. The summed E-state index contributed by atoms with van der Waals surface area (Å²) in [4.78, 5) is 12.5. The molecule has 0 saturated heterocycles. The molecular formula is C20H21F2NO3S. The molecule has 27 heavy (non-hydrogen) atoms. The minimum atomic E-state index is -0.540. The third-order valence-electron chi connectivity index (χ3n) is 4.16. The molecule has 0 saturated carbocycles. The van der Waals surface area contributed by atoms with E-state index in [1.54, 1.807) is 0 Å². The van der Waals surface area contributed by atoms with Crippen molar-refractivity contribution in [3.63, 3.8) is 0 Å². The van der Waals surface area contributed by atoms with Crippen LogP contribution in [0.15, 0.2) is 41.3 Å². The number of hydrogen-bond acceptors (Lipinski definition) is 4. The Morgan fingerprint density at radius 2 is 1.85 bits per heavy atom. The Kier molecular flexibility index (Phi) is 6.21. The predicted molar refractivity (Wildman–Crippen MR) is 100 cm³/mol. The minimum absolute atomic E-state index is 0.00581. The standard InChI is InChI=1S/C20H21F2NO3S/c1-12(2)20(13-3-6-16-17(9-13)26-8-7-25-16)23-19(24)11-27-18-10-14(21)4-5-15(18)22/h3-6,9-10,12,20H,7-8,11H2,1-2H3,(H,23,24)/t20-/m1/s1. The highest BCUT2D eigenvalue weighted by molar-refractivity contribution is 8.00. The fraction of sp³-hybridized carbons (Fsp3) is 0.350. The number of nitrogens with one attached hydrogen (secondary N) is 1. The molecule has 0 unspecified atom stereocenters. The molecule has 1 N–H and O–H groups in total. The Morgan fingerprint density at radius 3 is 2.59 bits per heavy atom. The zero-order valence-corrected chi connectivity index (χ0v) is 15.9. The maximum Gasteiger partial charge on any atom is 0.230 e. The number of carbonyl (C=O) groups excluding carboxylic acids is 1. The molecule has 1 amide bonds. The van der Waals surface area contributed by atoms with Crippen molar-refractivity contribution in [1.29, 1.82) is 0 Å². The maximum absolute atomic E-state index is 13.7. The molecule has 3 rings (SSSR count). The molecule has 1 atom stereocenters. The van der Waals surface area contributed by atoms with E-state index in [4.69, 9.17) is 9.47 Å². The van der Waals surface area contributed by atoms with Crippen LogP contribution >= 0.6 is 11.8 Å². The summed E-state index contributed by atoms with van der Waals surface area (Å²) in [6.07, 6.45) is 0. The summed E-state index contributed by atoms with van der Waals surface area (Å²) < 4.78 is 38.1. The summed E-state index contributed by atoms with van der Waals surface area (Å²) in [6.45, 7) is 5.01. The summed E-state index contributed by atoms with van der Waals surface area (Å²) in [5.74, 6) is 0.154. The van der Waals surface area contributed by atoms with Crippen LogP contribution in [0.2, 0.25) is 0 Å². The number of hydrogen-bond donors (Lipinski definition) is 1. The molecule has 1 aliphatic rings. The lowest BCUT2D eigenvalue weighted by Gasteiger charge is -2.25. The predicted octanol–water partition coefficient (Wildman–Crippen LogP) is 4.34. The van der Waals surface area contributed by atoms with E-state index in [-0.39, 0.29) is 28.5 Å². The molecule has 4 nitrogen and oxygen atoms in total. The molecule has 0 fully saturated rings. The van der Waals surface area contributed by atoms with Crippen molar-refractivity contribution in [3.8, 4) is 11.5 Å². The molecule has 0 aromatic heterocycles. The smallest absolute Gasteiger partial charge is 0.230 e. The summed E-state index contributed by atoms with van der Waals surface area (Å²) >= 11 is 0.969. The molecule has 144 valence electrons. The maximum atomic E-state index is 13.7. The first-order chi connectivity index (χ1) is 12.9. The molecule has 0 bridgehead atoms. The van der Waals surface area contributed by atoms with E-state index in [9.17, 15) is 13.6 Å². The highest BCUT2D eigenvalue weighted by atomic mass is 32.2. The van der Waals surface area contributed by atoms with Gasteiger partial charge in [0.25, 0.3) is 0 Å². The van der Waals surface area contributed by atoms with Crippen LogP contribution in [-0.4, -0.2) is 24.9 Å². The van der Waals surface area contributed by atoms with Gasteiger partial charge in [-0.3, -0.25) is 4.79 Å². The molecular weight excluding hydrogens is 372 g/mol. The van der Waals surface area contributed by atoms with Crippen LogP contribution in [0.4, 0.5) is 8.78 Å². The van der Waals surface area contributed by atoms with Crippen LogP contribution < -0.4 is 14.8 Å². The van der Waals surface area contributed by atoms with Gasteiger partial charge in [0.05, 0.1) is 11.8 Å². The zero-order chi connectivity index (χ0) is 19.4. The van der Waals surface area contributed by atoms with Gasteiger partial charge in [-0.15, -0.1) is 11.8 Å². The lowest BCUT2D eigenvalue weighted by Crippen LogP contribution is -2.33. The first kappa shape index (κ1) is 19.5. The van der Waals surface area contributed by atoms with Crippen molar-refractivity contribution in [2.24, 2.45) is 5.92 Å². The van der Waals surface area contributed by atoms with Gasteiger partial charge in [-0.25, -0.2) is 8.78 Å². The third-order valence-corrected chi connectivity index (χ3v) is 5.19. The van der Waals surface area contributed by atoms with Gasteiger partial charge < -0.3 is 14.8 Å². The summed E-state index contributed by atoms with van der Waals surface area (Å²) in [6, 6.07) is 8.58. The quantitative estimate of drug-likeness (QED) is 0.742. The second-order valence-corrected chi connectivity index (χ2v) is 7.57. The van der Waals surface area contributed by atoms with Crippen molar-refractivity contribution >= 4 is 17.7 Å². The second-order valence-electron chi connectivity index (χ2n) is 6.56. The average molecular weight is 393 g/mol. The third kappa shape index (κ3) is 4.91. The van der Waals surface area contributed by atoms with Crippen LogP contribution in [0.1, 0.15) is 25.5 Å². The van der Waals surface area contributed by atoms with Crippen molar-refractivity contribution in [3.05, 3.63) is 53.6 Å². The average Bonchev–Trinajstić information content (AvgIpc) is 2.66. The van der Waals surface area contributed by atoms with E-state index >= 15 is 0 Å². The minimum Gasteiger partial charge on any atom is -0.486 e. The Morgan fingerprint density at radius 1 is 1.11 bits per heavy atom. The molecule has 0 radical (unpaired) electrons. The van der Waals surface area contributed by atoms with Crippen LogP contribution in [0.5, 0.6) is 11.5 Å². The number of ether oxygens (including phenoxy) is 2.